The molecule has 1 fully saturated rings. The van der Waals surface area contributed by atoms with E-state index in [1.165, 1.54) is 12.0 Å². The molecular weight excluding hydrogens is 384 g/mol. The van der Waals surface area contributed by atoms with Crippen LogP contribution in [0.2, 0.25) is 5.02 Å². The Morgan fingerprint density at radius 3 is 2.64 bits per heavy atom. The van der Waals surface area contributed by atoms with Crippen molar-refractivity contribution in [2.45, 2.75) is 19.9 Å². The van der Waals surface area contributed by atoms with Gasteiger partial charge in [-0.05, 0) is 37.3 Å². The van der Waals surface area contributed by atoms with Crippen LogP contribution in [-0.2, 0) is 20.9 Å². The predicted molar refractivity (Wildman–Crippen MR) is 103 cm³/mol. The number of carbonyl (C=O) groups excluding carboxylic acids is 3. The highest BCUT2D eigenvalue weighted by Gasteiger charge is 2.36. The number of furan rings is 1. The zero-order chi connectivity index (χ0) is 20.4. The van der Waals surface area contributed by atoms with Crippen LogP contribution in [0.3, 0.4) is 0 Å². The summed E-state index contributed by atoms with van der Waals surface area (Å²) in [6.45, 7) is 2.17. The number of ether oxygens (including phenoxy) is 1. The van der Waals surface area contributed by atoms with E-state index in [9.17, 15) is 14.4 Å². The zero-order valence-electron chi connectivity index (χ0n) is 15.9. The number of benzene rings is 1. The molecule has 2 aromatic rings. The maximum atomic E-state index is 12.8. The first-order valence-electron chi connectivity index (χ1n) is 8.78. The van der Waals surface area contributed by atoms with Crippen molar-refractivity contribution in [2.75, 3.05) is 25.6 Å². The largest absolute Gasteiger partial charge is 0.465 e. The number of methoxy groups -OCH3 is 1. The van der Waals surface area contributed by atoms with Gasteiger partial charge >= 0.3 is 5.97 Å². The van der Waals surface area contributed by atoms with E-state index >= 15 is 0 Å². The van der Waals surface area contributed by atoms with E-state index in [1.807, 2.05) is 0 Å². The summed E-state index contributed by atoms with van der Waals surface area (Å²) in [6, 6.07) is 8.52. The van der Waals surface area contributed by atoms with Crippen molar-refractivity contribution in [1.29, 1.82) is 0 Å². The molecule has 1 aromatic carbocycles. The third kappa shape index (κ3) is 4.04. The molecule has 1 atom stereocenters. The lowest BCUT2D eigenvalue weighted by Crippen LogP contribution is -2.34. The van der Waals surface area contributed by atoms with Crippen molar-refractivity contribution in [3.8, 4) is 0 Å². The van der Waals surface area contributed by atoms with Gasteiger partial charge in [0.25, 0.3) is 0 Å². The maximum absolute atomic E-state index is 12.8. The van der Waals surface area contributed by atoms with Gasteiger partial charge in [-0.3, -0.25) is 9.59 Å². The molecule has 0 N–H and O–H groups in total. The minimum Gasteiger partial charge on any atom is -0.465 e. The SMILES string of the molecule is COC(=O)c1cc(CN(C)C(=O)[C@H]2CC(=O)N(c3ccc(Cl)cc3)C2)oc1C. The van der Waals surface area contributed by atoms with Crippen LogP contribution in [0.15, 0.2) is 34.7 Å². The van der Waals surface area contributed by atoms with E-state index in [0.717, 1.165) is 5.69 Å². The smallest absolute Gasteiger partial charge is 0.341 e. The molecule has 8 heteroatoms. The van der Waals surface area contributed by atoms with Crippen LogP contribution in [0.5, 0.6) is 0 Å². The highest BCUT2D eigenvalue weighted by molar-refractivity contribution is 6.30. The average molecular weight is 405 g/mol. The molecule has 148 valence electrons. The Hall–Kier alpha value is -2.80. The molecule has 0 aliphatic carbocycles. The average Bonchev–Trinajstić information content (AvgIpc) is 3.23. The summed E-state index contributed by atoms with van der Waals surface area (Å²) in [5, 5.41) is 0.586. The summed E-state index contributed by atoms with van der Waals surface area (Å²) in [7, 11) is 2.95. The summed E-state index contributed by atoms with van der Waals surface area (Å²) >= 11 is 5.89. The number of hydrogen-bond acceptors (Lipinski definition) is 5. The monoisotopic (exact) mass is 404 g/mol. The van der Waals surface area contributed by atoms with E-state index in [1.54, 1.807) is 49.2 Å². The van der Waals surface area contributed by atoms with Crippen LogP contribution in [-0.4, -0.2) is 43.4 Å². The van der Waals surface area contributed by atoms with Crippen LogP contribution in [0, 0.1) is 12.8 Å². The molecule has 28 heavy (non-hydrogen) atoms. The highest BCUT2D eigenvalue weighted by atomic mass is 35.5. The van der Waals surface area contributed by atoms with E-state index in [0.29, 0.717) is 28.7 Å². The van der Waals surface area contributed by atoms with Crippen LogP contribution in [0.1, 0.15) is 28.3 Å². The van der Waals surface area contributed by atoms with Crippen LogP contribution < -0.4 is 4.90 Å². The van der Waals surface area contributed by atoms with E-state index in [4.69, 9.17) is 20.8 Å². The Morgan fingerprint density at radius 2 is 2.00 bits per heavy atom. The normalized spacial score (nSPS) is 16.4. The number of anilines is 1. The molecule has 2 heterocycles. The first-order valence-corrected chi connectivity index (χ1v) is 9.16. The standard InChI is InChI=1S/C20H21ClN2O5/c1-12-17(20(26)27-3)9-16(28-12)11-22(2)19(25)13-8-18(24)23(10-13)15-6-4-14(21)5-7-15/h4-7,9,13H,8,10-11H2,1-3H3/t13-/m0/s1. The van der Waals surface area contributed by atoms with E-state index < -0.39 is 11.9 Å². The lowest BCUT2D eigenvalue weighted by Gasteiger charge is -2.20. The van der Waals surface area contributed by atoms with Gasteiger partial charge in [-0.1, -0.05) is 11.6 Å². The summed E-state index contributed by atoms with van der Waals surface area (Å²) in [5.74, 6) is -0.263. The van der Waals surface area contributed by atoms with Crippen LogP contribution in [0.25, 0.3) is 0 Å². The number of halogens is 1. The Kier molecular flexibility index (Phi) is 5.74. The second-order valence-corrected chi connectivity index (χ2v) is 7.19. The number of hydrogen-bond donors (Lipinski definition) is 0. The second-order valence-electron chi connectivity index (χ2n) is 6.75. The van der Waals surface area contributed by atoms with Crippen LogP contribution in [0.4, 0.5) is 5.69 Å². The van der Waals surface area contributed by atoms with Crippen molar-refractivity contribution in [3.63, 3.8) is 0 Å². The summed E-state index contributed by atoms with van der Waals surface area (Å²) in [5.41, 5.74) is 1.06. The molecule has 0 radical (unpaired) electrons. The van der Waals surface area contributed by atoms with Gasteiger partial charge < -0.3 is 19.0 Å². The third-order valence-corrected chi connectivity index (χ3v) is 5.01. The van der Waals surface area contributed by atoms with Gasteiger partial charge in [0.15, 0.2) is 0 Å². The topological polar surface area (TPSA) is 80.1 Å². The molecule has 1 aliphatic heterocycles. The number of aryl methyl sites for hydroxylation is 1. The molecule has 0 saturated carbocycles. The molecule has 2 amide bonds. The molecule has 3 rings (SSSR count). The van der Waals surface area contributed by atoms with E-state index in [2.05, 4.69) is 0 Å². The molecular formula is C20H21ClN2O5. The minimum atomic E-state index is -0.485. The Balaban J connectivity index is 1.66. The fourth-order valence-corrected chi connectivity index (χ4v) is 3.43. The van der Waals surface area contributed by atoms with Gasteiger partial charge in [-0.25, -0.2) is 4.79 Å². The lowest BCUT2D eigenvalue weighted by atomic mass is 10.1. The highest BCUT2D eigenvalue weighted by Crippen LogP contribution is 2.27. The molecule has 0 unspecified atom stereocenters. The van der Waals surface area contributed by atoms with Gasteiger partial charge in [0.05, 0.1) is 19.6 Å². The summed E-state index contributed by atoms with van der Waals surface area (Å²) in [6.07, 6.45) is 0.149. The first kappa shape index (κ1) is 19.9. The quantitative estimate of drug-likeness (QED) is 0.715. The number of esters is 1. The summed E-state index contributed by atoms with van der Waals surface area (Å²) < 4.78 is 10.3. The molecule has 1 aliphatic rings. The van der Waals surface area contributed by atoms with Crippen molar-refractivity contribution in [2.24, 2.45) is 5.92 Å². The molecule has 1 aromatic heterocycles. The number of carbonyl (C=O) groups is 3. The molecule has 0 spiro atoms. The van der Waals surface area contributed by atoms with Gasteiger partial charge in [0.2, 0.25) is 11.8 Å². The Labute approximate surface area is 167 Å². The fourth-order valence-electron chi connectivity index (χ4n) is 3.30. The Morgan fingerprint density at radius 1 is 1.32 bits per heavy atom. The Bertz CT molecular complexity index is 906. The third-order valence-electron chi connectivity index (χ3n) is 4.76. The molecule has 0 bridgehead atoms. The zero-order valence-corrected chi connectivity index (χ0v) is 16.7. The van der Waals surface area contributed by atoms with Gasteiger partial charge in [0.1, 0.15) is 17.1 Å². The maximum Gasteiger partial charge on any atom is 0.341 e. The number of rotatable bonds is 5. The lowest BCUT2D eigenvalue weighted by molar-refractivity contribution is -0.135. The van der Waals surface area contributed by atoms with Gasteiger partial charge in [-0.2, -0.15) is 0 Å². The van der Waals surface area contributed by atoms with Crippen LogP contribution >= 0.6 is 11.6 Å². The number of amides is 2. The van der Waals surface area contributed by atoms with Crippen molar-refractivity contribution < 1.29 is 23.5 Å². The van der Waals surface area contributed by atoms with Crippen molar-refractivity contribution in [3.05, 3.63) is 52.4 Å². The predicted octanol–water partition coefficient (Wildman–Crippen LogP) is 3.04. The van der Waals surface area contributed by atoms with E-state index in [-0.39, 0.29) is 24.8 Å². The van der Waals surface area contributed by atoms with Crippen molar-refractivity contribution in [1.82, 2.24) is 4.90 Å². The molecule has 1 saturated heterocycles. The van der Waals surface area contributed by atoms with Gasteiger partial charge in [0, 0.05) is 30.7 Å². The molecule has 7 nitrogen and oxygen atoms in total. The second kappa shape index (κ2) is 8.06. The van der Waals surface area contributed by atoms with Gasteiger partial charge in [-0.15, -0.1) is 0 Å². The number of nitrogens with zero attached hydrogens (tertiary/aromatic N) is 2. The summed E-state index contributed by atoms with van der Waals surface area (Å²) in [4.78, 5) is 40.0. The van der Waals surface area contributed by atoms with Crippen molar-refractivity contribution >= 4 is 35.1 Å². The first-order chi connectivity index (χ1) is 13.3. The fraction of sp³-hybridized carbons (Fsp3) is 0.350. The minimum absolute atomic E-state index is 0.101.